The smallest absolute Gasteiger partial charge is 0.303 e. The van der Waals surface area contributed by atoms with E-state index in [1.165, 1.54) is 12.7 Å². The van der Waals surface area contributed by atoms with Crippen molar-refractivity contribution in [2.45, 2.75) is 32.1 Å². The van der Waals surface area contributed by atoms with Gasteiger partial charge in [-0.05, 0) is 68.1 Å². The van der Waals surface area contributed by atoms with Crippen LogP contribution >= 0.6 is 0 Å². The first-order valence-electron chi connectivity index (χ1n) is 13.1. The van der Waals surface area contributed by atoms with E-state index >= 15 is 0 Å². The minimum Gasteiger partial charge on any atom is -0.486 e. The molecule has 2 aliphatic rings. The quantitative estimate of drug-likeness (QED) is 0.438. The van der Waals surface area contributed by atoms with Gasteiger partial charge < -0.3 is 29.5 Å². The monoisotopic (exact) mass is 519 g/mol. The molecule has 0 spiro atoms. The van der Waals surface area contributed by atoms with Crippen LogP contribution in [0.15, 0.2) is 42.5 Å². The van der Waals surface area contributed by atoms with Crippen molar-refractivity contribution in [2.75, 3.05) is 45.3 Å². The molecule has 3 aromatic rings. The molecule has 1 aromatic heterocycles. The number of amides is 1. The van der Waals surface area contributed by atoms with Gasteiger partial charge >= 0.3 is 5.97 Å². The Bertz CT molecular complexity index is 1320. The summed E-state index contributed by atoms with van der Waals surface area (Å²) >= 11 is 0. The highest BCUT2D eigenvalue weighted by atomic mass is 16.6. The highest BCUT2D eigenvalue weighted by Crippen LogP contribution is 2.32. The number of aromatic nitrogens is 1. The lowest BCUT2D eigenvalue weighted by atomic mass is 9.95. The predicted octanol–water partition coefficient (Wildman–Crippen LogP) is 3.93. The molecule has 2 aliphatic heterocycles. The predicted molar refractivity (Wildman–Crippen MR) is 143 cm³/mol. The number of carbonyl (C=O) groups is 2. The number of benzene rings is 2. The minimum atomic E-state index is -0.865. The number of aryl methyl sites for hydroxylation is 1. The second-order valence-corrected chi connectivity index (χ2v) is 9.75. The Morgan fingerprint density at radius 2 is 1.87 bits per heavy atom. The Kier molecular flexibility index (Phi) is 7.93. The van der Waals surface area contributed by atoms with E-state index in [2.05, 4.69) is 27.3 Å². The number of ether oxygens (including phenoxy) is 3. The number of hydrogen-bond acceptors (Lipinski definition) is 7. The Labute approximate surface area is 221 Å². The number of anilines is 1. The van der Waals surface area contributed by atoms with Crippen LogP contribution in [0.5, 0.6) is 17.4 Å². The first kappa shape index (κ1) is 25.8. The molecule has 0 saturated carbocycles. The van der Waals surface area contributed by atoms with Gasteiger partial charge in [0.05, 0.1) is 18.3 Å². The molecule has 0 radical (unpaired) electrons. The van der Waals surface area contributed by atoms with Crippen LogP contribution in [-0.2, 0) is 22.4 Å². The molecule has 1 saturated heterocycles. The van der Waals surface area contributed by atoms with Gasteiger partial charge in [0, 0.05) is 30.3 Å². The van der Waals surface area contributed by atoms with E-state index in [4.69, 9.17) is 19.3 Å². The molecule has 0 aliphatic carbocycles. The number of nitrogens with one attached hydrogen (secondary N) is 1. The zero-order valence-corrected chi connectivity index (χ0v) is 21.6. The fourth-order valence-corrected chi connectivity index (χ4v) is 5.13. The van der Waals surface area contributed by atoms with E-state index < -0.39 is 5.97 Å². The molecule has 9 nitrogen and oxygen atoms in total. The van der Waals surface area contributed by atoms with Crippen LogP contribution in [0.3, 0.4) is 0 Å². The Morgan fingerprint density at radius 1 is 1.08 bits per heavy atom. The molecule has 0 bridgehead atoms. The number of hydrogen-bond donors (Lipinski definition) is 2. The number of likely N-dealkylation sites (tertiary alicyclic amines) is 1. The molecule has 1 amide bonds. The molecule has 0 atom stereocenters. The average Bonchev–Trinajstić information content (AvgIpc) is 2.95. The third-order valence-corrected chi connectivity index (χ3v) is 7.26. The summed E-state index contributed by atoms with van der Waals surface area (Å²) in [7, 11) is 1.53. The van der Waals surface area contributed by atoms with Crippen molar-refractivity contribution in [3.8, 4) is 17.4 Å². The summed E-state index contributed by atoms with van der Waals surface area (Å²) in [5, 5.41) is 13.0. The zero-order valence-electron chi connectivity index (χ0n) is 21.6. The van der Waals surface area contributed by atoms with Crippen molar-refractivity contribution in [2.24, 2.45) is 5.92 Å². The van der Waals surface area contributed by atoms with Gasteiger partial charge in [0.1, 0.15) is 13.2 Å². The number of aliphatic carboxylic acids is 1. The number of para-hydroxylation sites is 1. The SMILES string of the molecule is COc1cc(CCC(=O)O)c2cccc(NC(=O)C3CCN(CCc4ccc5c(c4)OCCO5)CC3)c2n1. The first-order chi connectivity index (χ1) is 18.5. The number of pyridine rings is 1. The maximum atomic E-state index is 13.2. The first-order valence-corrected chi connectivity index (χ1v) is 13.1. The standard InChI is InChI=1S/C29H33N3O6/c1-36-26-18-21(6-8-27(33)34)22-3-2-4-23(28(22)31-26)30-29(35)20-10-13-32(14-11-20)12-9-19-5-7-24-25(17-19)38-16-15-37-24/h2-5,7,17-18,20H,6,8-16H2,1H3,(H,30,35)(H,33,34). The van der Waals surface area contributed by atoms with Crippen molar-refractivity contribution >= 4 is 28.5 Å². The van der Waals surface area contributed by atoms with E-state index in [9.17, 15) is 9.59 Å². The van der Waals surface area contributed by atoms with E-state index in [0.717, 1.165) is 61.3 Å². The Balaban J connectivity index is 1.19. The molecule has 3 heterocycles. The van der Waals surface area contributed by atoms with Crippen molar-refractivity contribution in [3.05, 3.63) is 53.6 Å². The van der Waals surface area contributed by atoms with Crippen LogP contribution in [0.4, 0.5) is 5.69 Å². The Hall–Kier alpha value is -3.85. The van der Waals surface area contributed by atoms with Crippen LogP contribution in [-0.4, -0.2) is 66.8 Å². The second-order valence-electron chi connectivity index (χ2n) is 9.75. The highest BCUT2D eigenvalue weighted by molar-refractivity contribution is 6.02. The van der Waals surface area contributed by atoms with E-state index in [1.807, 2.05) is 24.3 Å². The van der Waals surface area contributed by atoms with Gasteiger partial charge in [0.25, 0.3) is 0 Å². The maximum Gasteiger partial charge on any atom is 0.303 e. The average molecular weight is 520 g/mol. The summed E-state index contributed by atoms with van der Waals surface area (Å²) in [4.78, 5) is 31.3. The van der Waals surface area contributed by atoms with E-state index in [1.54, 1.807) is 6.07 Å². The summed E-state index contributed by atoms with van der Waals surface area (Å²) in [5.41, 5.74) is 3.27. The molecule has 2 aromatic carbocycles. The third kappa shape index (κ3) is 5.99. The van der Waals surface area contributed by atoms with E-state index in [0.29, 0.717) is 36.7 Å². The number of carboxylic acids is 1. The van der Waals surface area contributed by atoms with Crippen LogP contribution in [0.1, 0.15) is 30.4 Å². The molecule has 5 rings (SSSR count). The second kappa shape index (κ2) is 11.7. The zero-order chi connectivity index (χ0) is 26.5. The molecule has 0 unspecified atom stereocenters. The van der Waals surface area contributed by atoms with Crippen LogP contribution < -0.4 is 19.5 Å². The van der Waals surface area contributed by atoms with Gasteiger partial charge in [-0.1, -0.05) is 18.2 Å². The van der Waals surface area contributed by atoms with Crippen LogP contribution in [0, 0.1) is 5.92 Å². The lowest BCUT2D eigenvalue weighted by Crippen LogP contribution is -2.39. The summed E-state index contributed by atoms with van der Waals surface area (Å²) in [6.45, 7) is 3.83. The largest absolute Gasteiger partial charge is 0.486 e. The number of fused-ring (bicyclic) bond motifs is 2. The summed E-state index contributed by atoms with van der Waals surface area (Å²) in [6, 6.07) is 13.5. The van der Waals surface area contributed by atoms with Gasteiger partial charge in [0.15, 0.2) is 11.5 Å². The summed E-state index contributed by atoms with van der Waals surface area (Å²) < 4.78 is 16.7. The summed E-state index contributed by atoms with van der Waals surface area (Å²) in [5.74, 6) is 1.07. The number of carbonyl (C=O) groups excluding carboxylic acids is 1. The summed E-state index contributed by atoms with van der Waals surface area (Å²) in [6.07, 6.45) is 2.86. The number of methoxy groups -OCH3 is 1. The number of nitrogens with zero attached hydrogens (tertiary/aromatic N) is 2. The molecule has 2 N–H and O–H groups in total. The molecule has 1 fully saturated rings. The molecular formula is C29H33N3O6. The van der Waals surface area contributed by atoms with Crippen molar-refractivity contribution < 1.29 is 28.9 Å². The van der Waals surface area contributed by atoms with Crippen molar-refractivity contribution in [1.82, 2.24) is 9.88 Å². The van der Waals surface area contributed by atoms with Crippen molar-refractivity contribution in [1.29, 1.82) is 0 Å². The van der Waals surface area contributed by atoms with E-state index in [-0.39, 0.29) is 18.2 Å². The van der Waals surface area contributed by atoms with Crippen LogP contribution in [0.2, 0.25) is 0 Å². The third-order valence-electron chi connectivity index (χ3n) is 7.26. The molecule has 38 heavy (non-hydrogen) atoms. The number of carboxylic acid groups (broad SMARTS) is 1. The van der Waals surface area contributed by atoms with Gasteiger partial charge in [-0.2, -0.15) is 0 Å². The van der Waals surface area contributed by atoms with Gasteiger partial charge in [-0.25, -0.2) is 4.98 Å². The number of piperidine rings is 1. The molecular weight excluding hydrogens is 486 g/mol. The molecule has 9 heteroatoms. The Morgan fingerprint density at radius 3 is 2.63 bits per heavy atom. The fraction of sp³-hybridized carbons (Fsp3) is 0.414. The van der Waals surface area contributed by atoms with Gasteiger partial charge in [-0.3, -0.25) is 9.59 Å². The normalized spacial score (nSPS) is 15.8. The van der Waals surface area contributed by atoms with Gasteiger partial charge in [-0.15, -0.1) is 0 Å². The molecule has 200 valence electrons. The maximum absolute atomic E-state index is 13.2. The fourth-order valence-electron chi connectivity index (χ4n) is 5.13. The highest BCUT2D eigenvalue weighted by Gasteiger charge is 2.26. The van der Waals surface area contributed by atoms with Crippen LogP contribution in [0.25, 0.3) is 10.9 Å². The minimum absolute atomic E-state index is 0.00605. The van der Waals surface area contributed by atoms with Gasteiger partial charge in [0.2, 0.25) is 11.8 Å². The number of rotatable bonds is 9. The van der Waals surface area contributed by atoms with Crippen molar-refractivity contribution in [3.63, 3.8) is 0 Å². The topological polar surface area (TPSA) is 110 Å². The lowest BCUT2D eigenvalue weighted by Gasteiger charge is -2.31. The lowest BCUT2D eigenvalue weighted by molar-refractivity contribution is -0.137.